The number of aliphatic hydroxyl groups is 1. The Hall–Kier alpha value is -4.08. The van der Waals surface area contributed by atoms with Crippen molar-refractivity contribution in [1.29, 1.82) is 0 Å². The van der Waals surface area contributed by atoms with E-state index in [1.807, 2.05) is 54.6 Å². The molecule has 0 aliphatic rings. The van der Waals surface area contributed by atoms with Crippen LogP contribution in [0.5, 0.6) is 5.75 Å². The lowest BCUT2D eigenvalue weighted by Crippen LogP contribution is -2.43. The minimum Gasteiger partial charge on any atom is -0.473 e. The molecule has 0 heterocycles. The van der Waals surface area contributed by atoms with E-state index in [1.165, 1.54) is 0 Å². The highest BCUT2D eigenvalue weighted by atomic mass is 16.5. The number of nitrogens with two attached hydrogens (primary N) is 2. The minimum atomic E-state index is -0.730. The van der Waals surface area contributed by atoms with Crippen molar-refractivity contribution in [2.24, 2.45) is 11.5 Å². The highest BCUT2D eigenvalue weighted by molar-refractivity contribution is 5.88. The zero-order valence-electron chi connectivity index (χ0n) is 19.5. The van der Waals surface area contributed by atoms with E-state index >= 15 is 0 Å². The molecular weight excluding hydrogens is 446 g/mol. The molecule has 0 bridgehead atoms. The van der Waals surface area contributed by atoms with Crippen molar-refractivity contribution in [3.05, 3.63) is 90.0 Å². The third-order valence-corrected chi connectivity index (χ3v) is 5.38. The number of primary amides is 2. The number of nitrogens with one attached hydrogen (secondary N) is 3. The van der Waals surface area contributed by atoms with Gasteiger partial charge in [-0.05, 0) is 67.4 Å². The first-order chi connectivity index (χ1) is 16.8. The first kappa shape index (κ1) is 25.5. The Bertz CT molecular complexity index is 1030. The van der Waals surface area contributed by atoms with Gasteiger partial charge in [0, 0.05) is 17.3 Å². The first-order valence-corrected chi connectivity index (χ1v) is 11.3. The summed E-state index contributed by atoms with van der Waals surface area (Å²) in [6.45, 7) is 2.22. The molecule has 35 heavy (non-hydrogen) atoms. The van der Waals surface area contributed by atoms with Crippen LogP contribution in [0, 0.1) is 0 Å². The fourth-order valence-electron chi connectivity index (χ4n) is 3.73. The van der Waals surface area contributed by atoms with Gasteiger partial charge in [-0.15, -0.1) is 0 Å². The van der Waals surface area contributed by atoms with E-state index in [4.69, 9.17) is 16.2 Å². The summed E-state index contributed by atoms with van der Waals surface area (Å²) in [5, 5.41) is 18.6. The van der Waals surface area contributed by atoms with Gasteiger partial charge in [0.1, 0.15) is 11.9 Å². The van der Waals surface area contributed by atoms with Gasteiger partial charge in [-0.3, -0.25) is 5.32 Å². The number of hydrogen-bond acceptors (Lipinski definition) is 5. The van der Waals surface area contributed by atoms with Crippen molar-refractivity contribution in [3.63, 3.8) is 0 Å². The molecule has 3 aromatic rings. The average molecular weight is 478 g/mol. The standard InChI is InChI=1S/C26H31N5O4/c1-17(32)24(35-22-5-3-2-4-6-22)29-16-15-23(18-7-11-20(12-8-18)30-25(27)33)19-9-13-21(14-10-19)31-26(28)34/h2-14,17,23-24,29,32H,15-16H2,1H3,(H3,27,30,33)(H3,28,31,34). The Morgan fingerprint density at radius 1 is 0.829 bits per heavy atom. The van der Waals surface area contributed by atoms with E-state index in [-0.39, 0.29) is 5.92 Å². The number of rotatable bonds is 11. The van der Waals surface area contributed by atoms with Crippen molar-refractivity contribution < 1.29 is 19.4 Å². The largest absolute Gasteiger partial charge is 0.473 e. The molecule has 0 spiro atoms. The highest BCUT2D eigenvalue weighted by Gasteiger charge is 2.19. The number of carbonyl (C=O) groups excluding carboxylic acids is 2. The van der Waals surface area contributed by atoms with Gasteiger partial charge in [-0.25, -0.2) is 9.59 Å². The summed E-state index contributed by atoms with van der Waals surface area (Å²) in [5.74, 6) is 0.650. The predicted molar refractivity (Wildman–Crippen MR) is 136 cm³/mol. The van der Waals surface area contributed by atoms with Gasteiger partial charge in [-0.2, -0.15) is 0 Å². The predicted octanol–water partition coefficient (Wildman–Crippen LogP) is 3.57. The second-order valence-electron chi connectivity index (χ2n) is 8.11. The van der Waals surface area contributed by atoms with Crippen LogP contribution in [0.25, 0.3) is 0 Å². The van der Waals surface area contributed by atoms with Crippen LogP contribution in [0.15, 0.2) is 78.9 Å². The SMILES string of the molecule is CC(O)C(NCCC(c1ccc(NC(N)=O)cc1)c1ccc(NC(N)=O)cc1)Oc1ccccc1. The zero-order valence-corrected chi connectivity index (χ0v) is 19.5. The smallest absolute Gasteiger partial charge is 0.316 e. The topological polar surface area (TPSA) is 152 Å². The van der Waals surface area contributed by atoms with Gasteiger partial charge in [0.15, 0.2) is 6.23 Å². The number of amides is 4. The molecule has 8 N–H and O–H groups in total. The molecule has 0 saturated heterocycles. The van der Waals surface area contributed by atoms with Crippen molar-refractivity contribution in [3.8, 4) is 5.75 Å². The maximum atomic E-state index is 11.1. The molecule has 0 aliphatic heterocycles. The van der Waals surface area contributed by atoms with Crippen molar-refractivity contribution >= 4 is 23.4 Å². The molecule has 3 aromatic carbocycles. The maximum absolute atomic E-state index is 11.1. The van der Waals surface area contributed by atoms with Gasteiger partial charge in [0.25, 0.3) is 0 Å². The summed E-state index contributed by atoms with van der Waals surface area (Å²) in [6.07, 6.45) is -0.624. The molecule has 4 amide bonds. The summed E-state index contributed by atoms with van der Waals surface area (Å²) in [4.78, 5) is 22.3. The Kier molecular flexibility index (Phi) is 9.05. The Balaban J connectivity index is 1.75. The van der Waals surface area contributed by atoms with Crippen LogP contribution in [0.1, 0.15) is 30.4 Å². The number of carbonyl (C=O) groups is 2. The molecule has 184 valence electrons. The summed E-state index contributed by atoms with van der Waals surface area (Å²) >= 11 is 0. The molecule has 0 aromatic heterocycles. The van der Waals surface area contributed by atoms with Gasteiger partial charge < -0.3 is 31.9 Å². The number of urea groups is 2. The number of hydrogen-bond donors (Lipinski definition) is 6. The summed E-state index contributed by atoms with van der Waals surface area (Å²) in [7, 11) is 0. The maximum Gasteiger partial charge on any atom is 0.316 e. The van der Waals surface area contributed by atoms with Crippen LogP contribution in [0.2, 0.25) is 0 Å². The second kappa shape index (κ2) is 12.4. The third-order valence-electron chi connectivity index (χ3n) is 5.38. The van der Waals surface area contributed by atoms with E-state index in [9.17, 15) is 14.7 Å². The summed E-state index contributed by atoms with van der Waals surface area (Å²) in [6, 6.07) is 23.0. The van der Waals surface area contributed by atoms with Crippen molar-refractivity contribution in [2.75, 3.05) is 17.2 Å². The normalized spacial score (nSPS) is 12.5. The molecule has 2 unspecified atom stereocenters. The molecule has 9 heteroatoms. The number of anilines is 2. The van der Waals surface area contributed by atoms with E-state index in [2.05, 4.69) is 16.0 Å². The quantitative estimate of drug-likeness (QED) is 0.233. The lowest BCUT2D eigenvalue weighted by atomic mass is 9.88. The van der Waals surface area contributed by atoms with Crippen molar-refractivity contribution in [1.82, 2.24) is 5.32 Å². The Morgan fingerprint density at radius 2 is 1.31 bits per heavy atom. The van der Waals surface area contributed by atoms with Crippen LogP contribution in [0.3, 0.4) is 0 Å². The van der Waals surface area contributed by atoms with E-state index in [1.54, 1.807) is 31.2 Å². The molecule has 3 rings (SSSR count). The van der Waals surface area contributed by atoms with Gasteiger partial charge >= 0.3 is 12.1 Å². The van der Waals surface area contributed by atoms with Gasteiger partial charge in [-0.1, -0.05) is 42.5 Å². The molecule has 0 aliphatic carbocycles. The lowest BCUT2D eigenvalue weighted by molar-refractivity contribution is 0.0268. The fraction of sp³-hybridized carbons (Fsp3) is 0.231. The van der Waals surface area contributed by atoms with Crippen LogP contribution in [-0.2, 0) is 0 Å². The lowest BCUT2D eigenvalue weighted by Gasteiger charge is -2.25. The second-order valence-corrected chi connectivity index (χ2v) is 8.11. The number of aliphatic hydroxyl groups excluding tert-OH is 1. The molecular formula is C26H31N5O4. The monoisotopic (exact) mass is 477 g/mol. The molecule has 2 atom stereocenters. The molecule has 0 saturated carbocycles. The van der Waals surface area contributed by atoms with E-state index in [0.717, 1.165) is 11.1 Å². The number of ether oxygens (including phenoxy) is 1. The van der Waals surface area contributed by atoms with Crippen LogP contribution >= 0.6 is 0 Å². The Morgan fingerprint density at radius 3 is 1.74 bits per heavy atom. The molecule has 0 radical (unpaired) electrons. The van der Waals surface area contributed by atoms with E-state index < -0.39 is 24.4 Å². The van der Waals surface area contributed by atoms with Crippen LogP contribution < -0.4 is 32.2 Å². The van der Waals surface area contributed by atoms with Gasteiger partial charge in [0.05, 0.1) is 0 Å². The van der Waals surface area contributed by atoms with Gasteiger partial charge in [0.2, 0.25) is 0 Å². The number of benzene rings is 3. The minimum absolute atomic E-state index is 0.0147. The fourth-order valence-corrected chi connectivity index (χ4v) is 3.73. The van der Waals surface area contributed by atoms with Crippen LogP contribution in [-0.4, -0.2) is 36.0 Å². The highest BCUT2D eigenvalue weighted by Crippen LogP contribution is 2.30. The summed E-state index contributed by atoms with van der Waals surface area (Å²) < 4.78 is 5.91. The molecule has 9 nitrogen and oxygen atoms in total. The van der Waals surface area contributed by atoms with Crippen molar-refractivity contribution in [2.45, 2.75) is 31.6 Å². The van der Waals surface area contributed by atoms with E-state index in [0.29, 0.717) is 30.1 Å². The Labute approximate surface area is 204 Å². The average Bonchev–Trinajstić information content (AvgIpc) is 2.82. The first-order valence-electron chi connectivity index (χ1n) is 11.3. The van der Waals surface area contributed by atoms with Crippen LogP contribution in [0.4, 0.5) is 21.0 Å². The zero-order chi connectivity index (χ0) is 25.2. The third kappa shape index (κ3) is 8.02. The molecule has 0 fully saturated rings. The summed E-state index contributed by atoms with van der Waals surface area (Å²) in [5.41, 5.74) is 13.7. The number of para-hydroxylation sites is 1.